The van der Waals surface area contributed by atoms with E-state index in [1.165, 1.54) is 11.3 Å². The van der Waals surface area contributed by atoms with Crippen molar-refractivity contribution in [1.82, 2.24) is 9.97 Å². The summed E-state index contributed by atoms with van der Waals surface area (Å²) in [7, 11) is 1.61. The molecule has 0 fully saturated rings. The lowest BCUT2D eigenvalue weighted by atomic mass is 10.2. The second-order valence-corrected chi connectivity index (χ2v) is 10.2. The van der Waals surface area contributed by atoms with Crippen LogP contribution in [0, 0.1) is 6.57 Å². The van der Waals surface area contributed by atoms with E-state index in [0.29, 0.717) is 37.5 Å². The summed E-state index contributed by atoms with van der Waals surface area (Å²) in [6, 6.07) is 9.61. The summed E-state index contributed by atoms with van der Waals surface area (Å²) >= 11 is 4.72. The highest BCUT2D eigenvalue weighted by molar-refractivity contribution is 8.01. The number of carbonyl (C=O) groups is 1. The minimum atomic E-state index is 0.162. The molecule has 0 N–H and O–H groups in total. The van der Waals surface area contributed by atoms with E-state index in [9.17, 15) is 4.79 Å². The number of aromatic nitrogens is 2. The number of hydrogen-bond acceptors (Lipinski definition) is 8. The molecule has 0 radical (unpaired) electrons. The first-order chi connectivity index (χ1) is 15.7. The minimum absolute atomic E-state index is 0.162. The number of nitrogens with zero attached hydrogens (tertiary/aromatic N) is 3. The first-order valence-electron chi connectivity index (χ1n) is 9.75. The van der Waals surface area contributed by atoms with Crippen molar-refractivity contribution < 1.29 is 14.3 Å². The number of benzene rings is 1. The highest BCUT2D eigenvalue weighted by Gasteiger charge is 2.13. The maximum Gasteiger partial charge on any atom is 0.228 e. The SMILES string of the molecule is [C-]#[N+]c1cc2c(Sc3ccc(CC(=O)Cc4nccs4)s3)ccnc2cc1OCCOC. The summed E-state index contributed by atoms with van der Waals surface area (Å²) in [6.07, 6.45) is 4.26. The number of thiophene rings is 1. The van der Waals surface area contributed by atoms with E-state index in [4.69, 9.17) is 16.0 Å². The lowest BCUT2D eigenvalue weighted by Gasteiger charge is -2.10. The Morgan fingerprint density at radius 2 is 2.06 bits per heavy atom. The second kappa shape index (κ2) is 10.7. The highest BCUT2D eigenvalue weighted by Crippen LogP contribution is 2.40. The fourth-order valence-electron chi connectivity index (χ4n) is 3.05. The van der Waals surface area contributed by atoms with E-state index in [0.717, 1.165) is 29.9 Å². The Bertz CT molecular complexity index is 1260. The average molecular weight is 482 g/mol. The van der Waals surface area contributed by atoms with E-state index >= 15 is 0 Å². The monoisotopic (exact) mass is 481 g/mol. The molecule has 0 unspecified atom stereocenters. The van der Waals surface area contributed by atoms with Gasteiger partial charge in [0.1, 0.15) is 18.1 Å². The van der Waals surface area contributed by atoms with E-state index in [2.05, 4.69) is 14.8 Å². The fourth-order valence-corrected chi connectivity index (χ4v) is 5.97. The lowest BCUT2D eigenvalue weighted by molar-refractivity contribution is -0.117. The van der Waals surface area contributed by atoms with Crippen molar-refractivity contribution in [3.63, 3.8) is 0 Å². The van der Waals surface area contributed by atoms with Crippen LogP contribution >= 0.6 is 34.4 Å². The van der Waals surface area contributed by atoms with Crippen molar-refractivity contribution >= 4 is 56.8 Å². The standard InChI is InChI=1S/C23H19N3O3S3/c1-24-19-13-17-18(14-20(19)29-9-8-28-2)25-6-5-21(17)32-23-4-3-16(31-23)11-15(27)12-22-26-7-10-30-22/h3-7,10,13-14H,8-9,11-12H2,2H3. The molecule has 0 aliphatic heterocycles. The molecule has 9 heteroatoms. The number of thiazole rings is 1. The normalized spacial score (nSPS) is 10.9. The van der Waals surface area contributed by atoms with E-state index < -0.39 is 0 Å². The zero-order chi connectivity index (χ0) is 22.3. The third kappa shape index (κ3) is 5.53. The van der Waals surface area contributed by atoms with Crippen LogP contribution in [0.15, 0.2) is 57.2 Å². The van der Waals surface area contributed by atoms with E-state index in [1.807, 2.05) is 29.6 Å². The molecule has 0 saturated heterocycles. The molecule has 0 atom stereocenters. The number of hydrogen-bond donors (Lipinski definition) is 0. The van der Waals surface area contributed by atoms with Crippen LogP contribution in [0.25, 0.3) is 15.7 Å². The molecule has 6 nitrogen and oxygen atoms in total. The molecule has 1 aromatic carbocycles. The summed E-state index contributed by atoms with van der Waals surface area (Å²) in [5.41, 5.74) is 1.22. The van der Waals surface area contributed by atoms with Gasteiger partial charge in [0, 0.05) is 46.5 Å². The van der Waals surface area contributed by atoms with Crippen molar-refractivity contribution in [3.05, 3.63) is 69.4 Å². The first-order valence-corrected chi connectivity index (χ1v) is 12.3. The van der Waals surface area contributed by atoms with Crippen LogP contribution < -0.4 is 4.74 Å². The minimum Gasteiger partial charge on any atom is -0.502 e. The summed E-state index contributed by atoms with van der Waals surface area (Å²) in [5, 5.41) is 3.64. The molecular weight excluding hydrogens is 462 g/mol. The molecule has 4 rings (SSSR count). The Kier molecular flexibility index (Phi) is 7.50. The number of Topliss-reactive ketones (excluding diaryl/α,β-unsaturated/α-hetero) is 1. The van der Waals surface area contributed by atoms with Crippen LogP contribution in [0.2, 0.25) is 0 Å². The number of rotatable bonds is 10. The van der Waals surface area contributed by atoms with E-state index in [-0.39, 0.29) is 5.78 Å². The lowest BCUT2D eigenvalue weighted by Crippen LogP contribution is -2.04. The number of pyridine rings is 1. The van der Waals surface area contributed by atoms with Gasteiger partial charge in [0.05, 0.1) is 34.3 Å². The molecule has 3 heterocycles. The molecule has 0 amide bonds. The molecule has 3 aromatic heterocycles. The van der Waals surface area contributed by atoms with Gasteiger partial charge in [-0.3, -0.25) is 9.78 Å². The molecule has 32 heavy (non-hydrogen) atoms. The Morgan fingerprint density at radius 3 is 2.84 bits per heavy atom. The topological polar surface area (TPSA) is 65.7 Å². The smallest absolute Gasteiger partial charge is 0.228 e. The van der Waals surface area contributed by atoms with Gasteiger partial charge in [-0.25, -0.2) is 9.83 Å². The van der Waals surface area contributed by atoms with Gasteiger partial charge in [0.25, 0.3) is 0 Å². The summed E-state index contributed by atoms with van der Waals surface area (Å²) < 4.78 is 11.8. The molecule has 0 aliphatic carbocycles. The zero-order valence-corrected chi connectivity index (χ0v) is 19.7. The largest absolute Gasteiger partial charge is 0.502 e. The molecule has 4 aromatic rings. The number of ether oxygens (including phenoxy) is 2. The molecule has 0 aliphatic rings. The molecule has 0 bridgehead atoms. The summed E-state index contributed by atoms with van der Waals surface area (Å²) in [5.74, 6) is 0.673. The maximum absolute atomic E-state index is 12.3. The van der Waals surface area contributed by atoms with Crippen LogP contribution in [0.1, 0.15) is 9.88 Å². The third-order valence-corrected chi connectivity index (χ3v) is 7.57. The number of ketones is 1. The Labute approximate surface area is 198 Å². The van der Waals surface area contributed by atoms with Gasteiger partial charge < -0.3 is 9.47 Å². The predicted molar refractivity (Wildman–Crippen MR) is 128 cm³/mol. The van der Waals surface area contributed by atoms with Crippen molar-refractivity contribution in [3.8, 4) is 5.75 Å². The zero-order valence-electron chi connectivity index (χ0n) is 17.2. The predicted octanol–water partition coefficient (Wildman–Crippen LogP) is 5.83. The van der Waals surface area contributed by atoms with Gasteiger partial charge in [-0.05, 0) is 30.3 Å². The highest BCUT2D eigenvalue weighted by atomic mass is 32.2. The Hall–Kier alpha value is -2.77. The molecule has 0 spiro atoms. The molecular formula is C23H19N3O3S3. The second-order valence-electron chi connectivity index (χ2n) is 6.74. The fraction of sp³-hybridized carbons (Fsp3) is 0.217. The van der Waals surface area contributed by atoms with E-state index in [1.54, 1.807) is 48.7 Å². The van der Waals surface area contributed by atoms with Crippen LogP contribution in [0.5, 0.6) is 5.75 Å². The quantitative estimate of drug-likeness (QED) is 0.210. The average Bonchev–Trinajstić information content (AvgIpc) is 3.45. The number of carbonyl (C=O) groups excluding carboxylic acids is 1. The van der Waals surface area contributed by atoms with Gasteiger partial charge in [-0.1, -0.05) is 11.8 Å². The first kappa shape index (κ1) is 22.4. The van der Waals surface area contributed by atoms with Crippen LogP contribution in [-0.2, 0) is 22.4 Å². The summed E-state index contributed by atoms with van der Waals surface area (Å²) in [4.78, 5) is 26.6. The number of methoxy groups -OCH3 is 1. The van der Waals surface area contributed by atoms with Crippen molar-refractivity contribution in [2.24, 2.45) is 0 Å². The van der Waals surface area contributed by atoms with Gasteiger partial charge in [0.15, 0.2) is 0 Å². The van der Waals surface area contributed by atoms with Crippen molar-refractivity contribution in [2.45, 2.75) is 21.9 Å². The van der Waals surface area contributed by atoms with Gasteiger partial charge in [-0.2, -0.15) is 0 Å². The van der Waals surface area contributed by atoms with Gasteiger partial charge >= 0.3 is 0 Å². The third-order valence-electron chi connectivity index (χ3n) is 4.50. The van der Waals surface area contributed by atoms with Crippen LogP contribution in [0.4, 0.5) is 5.69 Å². The molecule has 0 saturated carbocycles. The van der Waals surface area contributed by atoms with Crippen molar-refractivity contribution in [2.75, 3.05) is 20.3 Å². The maximum atomic E-state index is 12.3. The van der Waals surface area contributed by atoms with Crippen LogP contribution in [-0.4, -0.2) is 36.1 Å². The number of fused-ring (bicyclic) bond motifs is 1. The Balaban J connectivity index is 1.50. The van der Waals surface area contributed by atoms with Crippen molar-refractivity contribution in [1.29, 1.82) is 0 Å². The van der Waals surface area contributed by atoms with Gasteiger partial charge in [-0.15, -0.1) is 22.7 Å². The Morgan fingerprint density at radius 1 is 1.16 bits per heavy atom. The van der Waals surface area contributed by atoms with Gasteiger partial charge in [0.2, 0.25) is 5.69 Å². The molecule has 162 valence electrons. The van der Waals surface area contributed by atoms with Crippen LogP contribution in [0.3, 0.4) is 0 Å². The summed E-state index contributed by atoms with van der Waals surface area (Å²) in [6.45, 7) is 8.35.